The van der Waals surface area contributed by atoms with E-state index in [9.17, 15) is 5.26 Å². The summed E-state index contributed by atoms with van der Waals surface area (Å²) in [7, 11) is 0. The van der Waals surface area contributed by atoms with Gasteiger partial charge < -0.3 is 20.1 Å². The highest BCUT2D eigenvalue weighted by molar-refractivity contribution is 5.90. The molecule has 1 saturated heterocycles. The van der Waals surface area contributed by atoms with Crippen molar-refractivity contribution < 1.29 is 0 Å². The molecule has 29 heavy (non-hydrogen) atoms. The minimum Gasteiger partial charge on any atom is -0.353 e. The van der Waals surface area contributed by atoms with E-state index in [0.29, 0.717) is 6.04 Å². The van der Waals surface area contributed by atoms with Gasteiger partial charge in [-0.05, 0) is 51.0 Å². The van der Waals surface area contributed by atoms with Crippen LogP contribution in [0.25, 0.3) is 11.0 Å². The van der Waals surface area contributed by atoms with E-state index in [4.69, 9.17) is 0 Å². The number of hydrogen-bond acceptors (Lipinski definition) is 5. The Kier molecular flexibility index (Phi) is 5.56. The monoisotopic (exact) mass is 394 g/mol. The molecule has 3 heterocycles. The molecule has 1 atom stereocenters. The number of guanidine groups is 1. The second-order valence-electron chi connectivity index (χ2n) is 8.52. The van der Waals surface area contributed by atoms with Crippen LogP contribution in [-0.2, 0) is 0 Å². The van der Waals surface area contributed by atoms with Crippen LogP contribution in [0.1, 0.15) is 45.1 Å². The van der Waals surface area contributed by atoms with Crippen LogP contribution >= 0.6 is 0 Å². The molecule has 4 rings (SSSR count). The third-order valence-corrected chi connectivity index (χ3v) is 6.35. The molecule has 2 aromatic heterocycles. The SMILES string of the molecule is Cc1c[nH]c2ncnc(N3CCN(C(=NC#N)NC4CCC(C)CC4)C(C)C3)c12. The molecule has 2 aromatic rings. The van der Waals surface area contributed by atoms with Crippen molar-refractivity contribution >= 4 is 22.8 Å². The summed E-state index contributed by atoms with van der Waals surface area (Å²) in [6.45, 7) is 9.04. The largest absolute Gasteiger partial charge is 0.353 e. The van der Waals surface area contributed by atoms with Gasteiger partial charge in [0.15, 0.2) is 0 Å². The Morgan fingerprint density at radius 3 is 2.76 bits per heavy atom. The Bertz CT molecular complexity index is 918. The number of hydrogen-bond donors (Lipinski definition) is 2. The molecule has 0 amide bonds. The summed E-state index contributed by atoms with van der Waals surface area (Å²) in [6, 6.07) is 0.627. The molecule has 8 nitrogen and oxygen atoms in total. The first-order chi connectivity index (χ1) is 14.1. The van der Waals surface area contributed by atoms with E-state index < -0.39 is 0 Å². The Morgan fingerprint density at radius 2 is 2.03 bits per heavy atom. The van der Waals surface area contributed by atoms with E-state index in [1.54, 1.807) is 6.33 Å². The molecule has 1 aliphatic carbocycles. The maximum absolute atomic E-state index is 9.25. The normalized spacial score (nSPS) is 25.9. The summed E-state index contributed by atoms with van der Waals surface area (Å²) in [6.07, 6.45) is 10.4. The van der Waals surface area contributed by atoms with Crippen LogP contribution in [-0.4, -0.2) is 57.5 Å². The van der Waals surface area contributed by atoms with Crippen molar-refractivity contribution in [2.24, 2.45) is 10.9 Å². The van der Waals surface area contributed by atoms with E-state index >= 15 is 0 Å². The van der Waals surface area contributed by atoms with Gasteiger partial charge in [-0.15, -0.1) is 4.99 Å². The first kappa shape index (κ1) is 19.5. The maximum Gasteiger partial charge on any atom is 0.210 e. The van der Waals surface area contributed by atoms with Gasteiger partial charge in [0.25, 0.3) is 0 Å². The predicted octanol–water partition coefficient (Wildman–Crippen LogP) is 2.78. The lowest BCUT2D eigenvalue weighted by molar-refractivity contribution is 0.272. The topological polar surface area (TPSA) is 96.2 Å². The van der Waals surface area contributed by atoms with Gasteiger partial charge in [-0.3, -0.25) is 0 Å². The summed E-state index contributed by atoms with van der Waals surface area (Å²) >= 11 is 0. The quantitative estimate of drug-likeness (QED) is 0.462. The van der Waals surface area contributed by atoms with Gasteiger partial charge in [0.2, 0.25) is 12.2 Å². The second-order valence-corrected chi connectivity index (χ2v) is 8.52. The number of nitriles is 1. The van der Waals surface area contributed by atoms with Crippen LogP contribution in [0.15, 0.2) is 17.5 Å². The number of aromatic amines is 1. The van der Waals surface area contributed by atoms with Gasteiger partial charge in [-0.25, -0.2) is 9.97 Å². The summed E-state index contributed by atoms with van der Waals surface area (Å²) < 4.78 is 0. The highest BCUT2D eigenvalue weighted by atomic mass is 15.4. The van der Waals surface area contributed by atoms with Gasteiger partial charge in [0.05, 0.1) is 5.39 Å². The zero-order chi connectivity index (χ0) is 20.4. The van der Waals surface area contributed by atoms with Crippen LogP contribution in [0.2, 0.25) is 0 Å². The number of aromatic nitrogens is 3. The zero-order valence-electron chi connectivity index (χ0n) is 17.5. The number of nitrogens with one attached hydrogen (secondary N) is 2. The van der Waals surface area contributed by atoms with Crippen molar-refractivity contribution in [3.8, 4) is 6.19 Å². The lowest BCUT2D eigenvalue weighted by Crippen LogP contribution is -2.58. The molecule has 1 saturated carbocycles. The smallest absolute Gasteiger partial charge is 0.210 e. The number of aliphatic imine (C=N–C) groups is 1. The molecular formula is C21H30N8. The Hall–Kier alpha value is -2.82. The van der Waals surface area contributed by atoms with Crippen LogP contribution in [0, 0.1) is 24.3 Å². The summed E-state index contributed by atoms with van der Waals surface area (Å²) in [5.41, 5.74) is 2.04. The molecule has 154 valence electrons. The van der Waals surface area contributed by atoms with Crippen molar-refractivity contribution in [3.05, 3.63) is 18.1 Å². The summed E-state index contributed by atoms with van der Waals surface area (Å²) in [5.74, 6) is 2.51. The third-order valence-electron chi connectivity index (χ3n) is 6.35. The fraction of sp³-hybridized carbons (Fsp3) is 0.619. The molecular weight excluding hydrogens is 364 g/mol. The minimum absolute atomic E-state index is 0.218. The molecule has 0 bridgehead atoms. The van der Waals surface area contributed by atoms with E-state index in [1.807, 2.05) is 12.4 Å². The zero-order valence-corrected chi connectivity index (χ0v) is 17.5. The second kappa shape index (κ2) is 8.27. The van der Waals surface area contributed by atoms with Crippen molar-refractivity contribution in [2.45, 2.75) is 58.5 Å². The summed E-state index contributed by atoms with van der Waals surface area (Å²) in [4.78, 5) is 20.9. The van der Waals surface area contributed by atoms with Crippen molar-refractivity contribution in [2.75, 3.05) is 24.5 Å². The fourth-order valence-corrected chi connectivity index (χ4v) is 4.62. The van der Waals surface area contributed by atoms with Gasteiger partial charge in [-0.2, -0.15) is 5.26 Å². The van der Waals surface area contributed by atoms with E-state index in [0.717, 1.165) is 66.8 Å². The van der Waals surface area contributed by atoms with Crippen LogP contribution in [0.5, 0.6) is 0 Å². The molecule has 0 radical (unpaired) electrons. The van der Waals surface area contributed by atoms with Gasteiger partial charge >= 0.3 is 0 Å². The third kappa shape index (κ3) is 4.00. The first-order valence-electron chi connectivity index (χ1n) is 10.6. The number of anilines is 1. The fourth-order valence-electron chi connectivity index (χ4n) is 4.62. The highest BCUT2D eigenvalue weighted by Crippen LogP contribution is 2.28. The number of rotatable bonds is 2. The first-order valence-corrected chi connectivity index (χ1v) is 10.6. The maximum atomic E-state index is 9.25. The number of aryl methyl sites for hydroxylation is 1. The standard InChI is InChI=1S/C21H30N8/c1-14-4-6-17(7-5-14)27-21(24-12-22)29-9-8-28(11-16(29)3)20-18-15(2)10-23-19(18)25-13-26-20/h10,13-14,16-17H,4-9,11H2,1-3H3,(H,24,27)(H,23,25,26). The number of fused-ring (bicyclic) bond motifs is 1. The Labute approximate surface area is 172 Å². The molecule has 8 heteroatoms. The Balaban J connectivity index is 1.48. The predicted molar refractivity (Wildman–Crippen MR) is 115 cm³/mol. The van der Waals surface area contributed by atoms with Gasteiger partial charge in [0.1, 0.15) is 17.8 Å². The lowest BCUT2D eigenvalue weighted by atomic mass is 9.87. The van der Waals surface area contributed by atoms with E-state index in [-0.39, 0.29) is 6.04 Å². The molecule has 0 aromatic carbocycles. The van der Waals surface area contributed by atoms with Crippen molar-refractivity contribution in [1.82, 2.24) is 25.2 Å². The van der Waals surface area contributed by atoms with Crippen LogP contribution in [0.4, 0.5) is 5.82 Å². The molecule has 1 unspecified atom stereocenters. The number of piperazine rings is 1. The highest BCUT2D eigenvalue weighted by Gasteiger charge is 2.30. The van der Waals surface area contributed by atoms with Crippen LogP contribution in [0.3, 0.4) is 0 Å². The molecule has 2 aliphatic rings. The average Bonchev–Trinajstić information content (AvgIpc) is 3.10. The van der Waals surface area contributed by atoms with Crippen molar-refractivity contribution in [1.29, 1.82) is 5.26 Å². The number of nitrogens with zero attached hydrogens (tertiary/aromatic N) is 6. The average molecular weight is 395 g/mol. The summed E-state index contributed by atoms with van der Waals surface area (Å²) in [5, 5.41) is 13.9. The Morgan fingerprint density at radius 1 is 1.24 bits per heavy atom. The van der Waals surface area contributed by atoms with E-state index in [2.05, 4.69) is 55.8 Å². The molecule has 2 fully saturated rings. The van der Waals surface area contributed by atoms with E-state index in [1.165, 1.54) is 12.8 Å². The number of H-pyrrole nitrogens is 1. The van der Waals surface area contributed by atoms with Gasteiger partial charge in [-0.1, -0.05) is 6.92 Å². The lowest BCUT2D eigenvalue weighted by Gasteiger charge is -2.42. The van der Waals surface area contributed by atoms with Gasteiger partial charge in [0, 0.05) is 37.9 Å². The minimum atomic E-state index is 0.218. The molecule has 0 spiro atoms. The molecule has 1 aliphatic heterocycles. The molecule has 2 N–H and O–H groups in total. The van der Waals surface area contributed by atoms with Crippen molar-refractivity contribution in [3.63, 3.8) is 0 Å². The van der Waals surface area contributed by atoms with Crippen LogP contribution < -0.4 is 10.2 Å².